The monoisotopic (exact) mass is 437 g/mol. The van der Waals surface area contributed by atoms with Crippen LogP contribution in [-0.2, 0) is 11.2 Å². The molecule has 0 saturated carbocycles. The first-order valence-electron chi connectivity index (χ1n) is 9.54. The highest BCUT2D eigenvalue weighted by Gasteiger charge is 2.22. The fourth-order valence-corrected chi connectivity index (χ4v) is 3.31. The number of rotatable bonds is 5. The number of halogens is 3. The van der Waals surface area contributed by atoms with Crippen LogP contribution in [0.5, 0.6) is 5.75 Å². The van der Waals surface area contributed by atoms with Crippen LogP contribution in [0.2, 0.25) is 5.02 Å². The summed E-state index contributed by atoms with van der Waals surface area (Å²) in [6.07, 6.45) is 0.826. The first kappa shape index (κ1) is 21.8. The molecule has 0 spiro atoms. The predicted molar refractivity (Wildman–Crippen MR) is 110 cm³/mol. The second-order valence-electron chi connectivity index (χ2n) is 6.86. The summed E-state index contributed by atoms with van der Waals surface area (Å²) in [6.45, 7) is -0.931. The minimum Gasteiger partial charge on any atom is -0.435 e. The fraction of sp³-hybridized carbons (Fsp3) is 0.333. The van der Waals surface area contributed by atoms with E-state index in [2.05, 4.69) is 10.1 Å². The molecule has 1 saturated heterocycles. The van der Waals surface area contributed by atoms with Crippen molar-refractivity contribution in [2.24, 2.45) is 0 Å². The van der Waals surface area contributed by atoms with Gasteiger partial charge in [-0.2, -0.15) is 8.78 Å². The first-order chi connectivity index (χ1) is 14.4. The summed E-state index contributed by atoms with van der Waals surface area (Å²) >= 11 is 5.85. The van der Waals surface area contributed by atoms with Gasteiger partial charge < -0.3 is 19.9 Å². The lowest BCUT2D eigenvalue weighted by molar-refractivity contribution is -0.130. The summed E-state index contributed by atoms with van der Waals surface area (Å²) in [7, 11) is 0. The van der Waals surface area contributed by atoms with Crippen molar-refractivity contribution in [2.45, 2.75) is 19.5 Å². The van der Waals surface area contributed by atoms with E-state index in [9.17, 15) is 18.4 Å². The number of nitrogens with zero attached hydrogens (tertiary/aromatic N) is 2. The zero-order valence-corrected chi connectivity index (χ0v) is 16.9. The number of alkyl halides is 2. The Kier molecular flexibility index (Phi) is 7.46. The van der Waals surface area contributed by atoms with Gasteiger partial charge in [0, 0.05) is 36.9 Å². The number of anilines is 1. The standard InChI is InChI=1S/C21H22ClF2N3O3/c22-16-4-6-17(7-5-16)25-21(29)27-11-1-10-26(12-13-27)19(28)14-15-2-8-18(9-3-15)30-20(23)24/h2-9,20H,1,10-14H2,(H,25,29). The van der Waals surface area contributed by atoms with Gasteiger partial charge in [-0.25, -0.2) is 4.79 Å². The molecule has 6 nitrogen and oxygen atoms in total. The van der Waals surface area contributed by atoms with Crippen molar-refractivity contribution in [2.75, 3.05) is 31.5 Å². The van der Waals surface area contributed by atoms with E-state index in [1.807, 2.05) is 0 Å². The third-order valence-corrected chi connectivity index (χ3v) is 4.99. The summed E-state index contributed by atoms with van der Waals surface area (Å²) in [5.41, 5.74) is 1.36. The van der Waals surface area contributed by atoms with Gasteiger partial charge in [-0.05, 0) is 48.4 Å². The van der Waals surface area contributed by atoms with E-state index >= 15 is 0 Å². The van der Waals surface area contributed by atoms with Crippen LogP contribution in [0.25, 0.3) is 0 Å². The van der Waals surface area contributed by atoms with Crippen LogP contribution in [0.4, 0.5) is 19.3 Å². The normalized spacial score (nSPS) is 14.4. The van der Waals surface area contributed by atoms with Gasteiger partial charge in [0.2, 0.25) is 5.91 Å². The minimum atomic E-state index is -2.88. The van der Waals surface area contributed by atoms with Gasteiger partial charge in [0.05, 0.1) is 6.42 Å². The van der Waals surface area contributed by atoms with Crippen molar-refractivity contribution >= 4 is 29.2 Å². The number of carbonyl (C=O) groups is 2. The number of ether oxygens (including phenoxy) is 1. The molecule has 0 aromatic heterocycles. The summed E-state index contributed by atoms with van der Waals surface area (Å²) in [5.74, 6) is -0.0178. The van der Waals surface area contributed by atoms with E-state index in [0.717, 1.165) is 0 Å². The molecule has 1 heterocycles. The maximum atomic E-state index is 12.6. The number of amides is 3. The Balaban J connectivity index is 1.50. The summed E-state index contributed by atoms with van der Waals surface area (Å²) in [5, 5.41) is 3.42. The van der Waals surface area contributed by atoms with Gasteiger partial charge in [0.15, 0.2) is 0 Å². The number of carbonyl (C=O) groups excluding carboxylic acids is 2. The number of urea groups is 1. The molecule has 0 radical (unpaired) electrons. The Labute approximate surface area is 178 Å². The molecular weight excluding hydrogens is 416 g/mol. The van der Waals surface area contributed by atoms with Crippen LogP contribution in [0.15, 0.2) is 48.5 Å². The molecule has 0 aliphatic carbocycles. The molecule has 1 aliphatic heterocycles. The molecule has 30 heavy (non-hydrogen) atoms. The Bertz CT molecular complexity index is 863. The number of hydrogen-bond acceptors (Lipinski definition) is 3. The van der Waals surface area contributed by atoms with Crippen LogP contribution in [0.3, 0.4) is 0 Å². The Morgan fingerprint density at radius 3 is 2.27 bits per heavy atom. The lowest BCUT2D eigenvalue weighted by Gasteiger charge is -2.22. The topological polar surface area (TPSA) is 61.9 Å². The van der Waals surface area contributed by atoms with E-state index in [0.29, 0.717) is 48.9 Å². The lowest BCUT2D eigenvalue weighted by Crippen LogP contribution is -2.39. The van der Waals surface area contributed by atoms with Crippen molar-refractivity contribution in [3.8, 4) is 5.75 Å². The fourth-order valence-electron chi connectivity index (χ4n) is 3.18. The predicted octanol–water partition coefficient (Wildman–Crippen LogP) is 4.25. The third kappa shape index (κ3) is 6.32. The maximum Gasteiger partial charge on any atom is 0.387 e. The SMILES string of the molecule is O=C(Cc1ccc(OC(F)F)cc1)N1CCCN(C(=O)Nc2ccc(Cl)cc2)CC1. The molecular formula is C21H22ClF2N3O3. The molecule has 0 unspecified atom stereocenters. The van der Waals surface area contributed by atoms with E-state index in [-0.39, 0.29) is 24.1 Å². The Morgan fingerprint density at radius 1 is 0.967 bits per heavy atom. The van der Waals surface area contributed by atoms with E-state index in [4.69, 9.17) is 11.6 Å². The van der Waals surface area contributed by atoms with Gasteiger partial charge >= 0.3 is 12.6 Å². The molecule has 1 fully saturated rings. The smallest absolute Gasteiger partial charge is 0.387 e. The Morgan fingerprint density at radius 2 is 1.60 bits per heavy atom. The summed E-state index contributed by atoms with van der Waals surface area (Å²) in [4.78, 5) is 28.5. The molecule has 160 valence electrons. The van der Waals surface area contributed by atoms with Gasteiger partial charge in [0.25, 0.3) is 0 Å². The first-order valence-corrected chi connectivity index (χ1v) is 9.91. The molecule has 1 N–H and O–H groups in total. The minimum absolute atomic E-state index is 0.0540. The molecule has 9 heteroatoms. The average molecular weight is 438 g/mol. The molecule has 3 amide bonds. The summed E-state index contributed by atoms with van der Waals surface area (Å²) < 4.78 is 28.7. The average Bonchev–Trinajstić information content (AvgIpc) is 2.97. The second kappa shape index (κ2) is 10.2. The third-order valence-electron chi connectivity index (χ3n) is 4.74. The lowest BCUT2D eigenvalue weighted by atomic mass is 10.1. The zero-order valence-electron chi connectivity index (χ0n) is 16.2. The van der Waals surface area contributed by atoms with Crippen molar-refractivity contribution in [1.29, 1.82) is 0 Å². The molecule has 2 aromatic carbocycles. The Hall–Kier alpha value is -2.87. The highest BCUT2D eigenvalue weighted by molar-refractivity contribution is 6.30. The van der Waals surface area contributed by atoms with Crippen LogP contribution < -0.4 is 10.1 Å². The second-order valence-corrected chi connectivity index (χ2v) is 7.29. The van der Waals surface area contributed by atoms with Crippen LogP contribution in [0, 0.1) is 0 Å². The molecule has 3 rings (SSSR count). The van der Waals surface area contributed by atoms with Gasteiger partial charge in [0.1, 0.15) is 5.75 Å². The molecule has 0 bridgehead atoms. The molecule has 0 atom stereocenters. The van der Waals surface area contributed by atoms with E-state index in [1.165, 1.54) is 12.1 Å². The van der Waals surface area contributed by atoms with Crippen LogP contribution >= 0.6 is 11.6 Å². The largest absolute Gasteiger partial charge is 0.435 e. The number of hydrogen-bond donors (Lipinski definition) is 1. The van der Waals surface area contributed by atoms with Crippen molar-refractivity contribution < 1.29 is 23.1 Å². The number of nitrogens with one attached hydrogen (secondary N) is 1. The van der Waals surface area contributed by atoms with Crippen molar-refractivity contribution in [3.05, 3.63) is 59.1 Å². The molecule has 2 aromatic rings. The highest BCUT2D eigenvalue weighted by atomic mass is 35.5. The van der Waals surface area contributed by atoms with Gasteiger partial charge in [-0.3, -0.25) is 4.79 Å². The van der Waals surface area contributed by atoms with Gasteiger partial charge in [-0.1, -0.05) is 23.7 Å². The zero-order chi connectivity index (χ0) is 21.5. The molecule has 1 aliphatic rings. The van der Waals surface area contributed by atoms with E-state index < -0.39 is 6.61 Å². The van der Waals surface area contributed by atoms with Crippen molar-refractivity contribution in [3.63, 3.8) is 0 Å². The van der Waals surface area contributed by atoms with Gasteiger partial charge in [-0.15, -0.1) is 0 Å². The van der Waals surface area contributed by atoms with Crippen molar-refractivity contribution in [1.82, 2.24) is 9.80 Å². The number of benzene rings is 2. The van der Waals surface area contributed by atoms with Crippen LogP contribution in [-0.4, -0.2) is 54.5 Å². The summed E-state index contributed by atoms with van der Waals surface area (Å²) in [6, 6.07) is 12.7. The highest BCUT2D eigenvalue weighted by Crippen LogP contribution is 2.17. The van der Waals surface area contributed by atoms with E-state index in [1.54, 1.807) is 46.2 Å². The maximum absolute atomic E-state index is 12.6. The quantitative estimate of drug-likeness (QED) is 0.760. The van der Waals surface area contributed by atoms with Crippen LogP contribution in [0.1, 0.15) is 12.0 Å².